The number of ether oxygens (including phenoxy) is 3. The Morgan fingerprint density at radius 3 is 2.61 bits per heavy atom. The normalized spacial score (nSPS) is 17.2. The van der Waals surface area contributed by atoms with Gasteiger partial charge < -0.3 is 19.5 Å². The van der Waals surface area contributed by atoms with E-state index in [0.29, 0.717) is 19.8 Å². The average molecular weight is 385 g/mol. The Kier molecular flexibility index (Phi) is 5.37. The van der Waals surface area contributed by atoms with Crippen molar-refractivity contribution >= 4 is 5.91 Å². The lowest BCUT2D eigenvalue weighted by atomic mass is 9.78. The number of hydrogen-bond acceptors (Lipinski definition) is 4. The van der Waals surface area contributed by atoms with Crippen LogP contribution < -0.4 is 19.5 Å². The number of para-hydroxylation sites is 1. The van der Waals surface area contributed by atoms with Crippen molar-refractivity contribution in [3.8, 4) is 17.2 Å². The zero-order valence-electron chi connectivity index (χ0n) is 15.7. The molecule has 0 saturated heterocycles. The van der Waals surface area contributed by atoms with Crippen LogP contribution in [0.25, 0.3) is 0 Å². The number of nitrogens with one attached hydrogen (secondary N) is 1. The summed E-state index contributed by atoms with van der Waals surface area (Å²) in [4.78, 5) is 12.3. The molecule has 1 saturated carbocycles. The van der Waals surface area contributed by atoms with Gasteiger partial charge in [0.25, 0.3) is 5.91 Å². The van der Waals surface area contributed by atoms with Crippen molar-refractivity contribution in [2.75, 3.05) is 26.4 Å². The Labute approximate surface area is 163 Å². The quantitative estimate of drug-likeness (QED) is 0.826. The number of carbonyl (C=O) groups is 1. The van der Waals surface area contributed by atoms with Gasteiger partial charge in [0.1, 0.15) is 13.2 Å². The summed E-state index contributed by atoms with van der Waals surface area (Å²) in [6.07, 6.45) is 4.24. The molecular weight excluding hydrogens is 361 g/mol. The minimum Gasteiger partial charge on any atom is -0.486 e. The molecule has 28 heavy (non-hydrogen) atoms. The molecule has 5 nitrogen and oxygen atoms in total. The Morgan fingerprint density at radius 2 is 1.82 bits per heavy atom. The summed E-state index contributed by atoms with van der Waals surface area (Å²) >= 11 is 0. The standard InChI is InChI=1S/C22H24FNO4/c23-17-5-1-2-6-18(17)28-14-21(25)24-15-22(9-3-4-10-22)16-7-8-19-20(13-16)27-12-11-26-19/h1-2,5-8,13H,3-4,9-12,14-15H2,(H,24,25). The molecule has 0 radical (unpaired) electrons. The van der Waals surface area contributed by atoms with Crippen LogP contribution >= 0.6 is 0 Å². The fourth-order valence-corrected chi connectivity index (χ4v) is 4.02. The first-order valence-corrected chi connectivity index (χ1v) is 9.70. The molecule has 1 N–H and O–H groups in total. The average Bonchev–Trinajstić information content (AvgIpc) is 3.21. The topological polar surface area (TPSA) is 56.8 Å². The van der Waals surface area contributed by atoms with Crippen LogP contribution in [0.4, 0.5) is 4.39 Å². The van der Waals surface area contributed by atoms with E-state index in [4.69, 9.17) is 14.2 Å². The Hall–Kier alpha value is -2.76. The van der Waals surface area contributed by atoms with E-state index in [1.165, 1.54) is 12.1 Å². The van der Waals surface area contributed by atoms with Crippen molar-refractivity contribution < 1.29 is 23.4 Å². The number of amides is 1. The second kappa shape index (κ2) is 8.09. The number of halogens is 1. The third-order valence-corrected chi connectivity index (χ3v) is 5.53. The number of fused-ring (bicyclic) bond motifs is 1. The summed E-state index contributed by atoms with van der Waals surface area (Å²) in [5.41, 5.74) is 1.04. The summed E-state index contributed by atoms with van der Waals surface area (Å²) in [5.74, 6) is 0.890. The lowest BCUT2D eigenvalue weighted by molar-refractivity contribution is -0.123. The fourth-order valence-electron chi connectivity index (χ4n) is 4.02. The number of rotatable bonds is 6. The summed E-state index contributed by atoms with van der Waals surface area (Å²) < 4.78 is 30.3. The van der Waals surface area contributed by atoms with Crippen LogP contribution in [0.15, 0.2) is 42.5 Å². The van der Waals surface area contributed by atoms with Crippen LogP contribution in [0.3, 0.4) is 0 Å². The summed E-state index contributed by atoms with van der Waals surface area (Å²) in [6, 6.07) is 12.1. The maximum absolute atomic E-state index is 13.6. The fraction of sp³-hybridized carbons (Fsp3) is 0.409. The van der Waals surface area contributed by atoms with Crippen molar-refractivity contribution in [3.63, 3.8) is 0 Å². The van der Waals surface area contributed by atoms with Gasteiger partial charge in [-0.15, -0.1) is 0 Å². The summed E-state index contributed by atoms with van der Waals surface area (Å²) in [5, 5.41) is 2.98. The molecule has 1 fully saturated rings. The van der Waals surface area contributed by atoms with Crippen LogP contribution in [0.5, 0.6) is 17.2 Å². The first-order chi connectivity index (χ1) is 13.7. The van der Waals surface area contributed by atoms with E-state index in [0.717, 1.165) is 42.7 Å². The van der Waals surface area contributed by atoms with E-state index in [1.54, 1.807) is 12.1 Å². The van der Waals surface area contributed by atoms with Gasteiger partial charge >= 0.3 is 0 Å². The zero-order chi connectivity index (χ0) is 19.4. The summed E-state index contributed by atoms with van der Waals surface area (Å²) in [7, 11) is 0. The second-order valence-corrected chi connectivity index (χ2v) is 7.34. The third kappa shape index (κ3) is 3.91. The van der Waals surface area contributed by atoms with E-state index in [-0.39, 0.29) is 23.7 Å². The van der Waals surface area contributed by atoms with Gasteiger partial charge in [-0.2, -0.15) is 0 Å². The minimum absolute atomic E-state index is 0.0834. The van der Waals surface area contributed by atoms with Crippen molar-refractivity contribution in [3.05, 3.63) is 53.8 Å². The highest BCUT2D eigenvalue weighted by Crippen LogP contribution is 2.43. The molecule has 1 aliphatic carbocycles. The SMILES string of the molecule is O=C(COc1ccccc1F)NCC1(c2ccc3c(c2)OCCO3)CCCC1. The summed E-state index contributed by atoms with van der Waals surface area (Å²) in [6.45, 7) is 1.42. The molecule has 4 rings (SSSR count). The van der Waals surface area contributed by atoms with Gasteiger partial charge in [0, 0.05) is 12.0 Å². The van der Waals surface area contributed by atoms with Crippen LogP contribution in [0.1, 0.15) is 31.2 Å². The predicted molar refractivity (Wildman–Crippen MR) is 102 cm³/mol. The number of carbonyl (C=O) groups excluding carboxylic acids is 1. The number of hydrogen-bond donors (Lipinski definition) is 1. The van der Waals surface area contributed by atoms with E-state index in [2.05, 4.69) is 11.4 Å². The molecule has 6 heteroatoms. The van der Waals surface area contributed by atoms with Gasteiger partial charge in [0.05, 0.1) is 0 Å². The Bertz CT molecular complexity index is 848. The lowest BCUT2D eigenvalue weighted by Gasteiger charge is -2.31. The van der Waals surface area contributed by atoms with Gasteiger partial charge in [-0.1, -0.05) is 31.0 Å². The lowest BCUT2D eigenvalue weighted by Crippen LogP contribution is -2.41. The van der Waals surface area contributed by atoms with Crippen LogP contribution in [0.2, 0.25) is 0 Å². The van der Waals surface area contributed by atoms with Gasteiger partial charge in [0.15, 0.2) is 29.7 Å². The molecule has 2 aromatic rings. The smallest absolute Gasteiger partial charge is 0.257 e. The molecule has 0 spiro atoms. The monoisotopic (exact) mass is 385 g/mol. The number of benzene rings is 2. The van der Waals surface area contributed by atoms with E-state index in [9.17, 15) is 9.18 Å². The van der Waals surface area contributed by atoms with Crippen LogP contribution in [-0.2, 0) is 10.2 Å². The Morgan fingerprint density at radius 1 is 1.07 bits per heavy atom. The van der Waals surface area contributed by atoms with Gasteiger partial charge in [-0.3, -0.25) is 4.79 Å². The van der Waals surface area contributed by atoms with E-state index in [1.807, 2.05) is 12.1 Å². The highest BCUT2D eigenvalue weighted by molar-refractivity contribution is 5.77. The highest BCUT2D eigenvalue weighted by atomic mass is 19.1. The predicted octanol–water partition coefficient (Wildman–Crippen LogP) is 3.60. The first-order valence-electron chi connectivity index (χ1n) is 9.70. The highest BCUT2D eigenvalue weighted by Gasteiger charge is 2.36. The largest absolute Gasteiger partial charge is 0.486 e. The molecule has 2 aliphatic rings. The molecule has 0 aromatic heterocycles. The van der Waals surface area contributed by atoms with Crippen LogP contribution in [-0.4, -0.2) is 32.3 Å². The van der Waals surface area contributed by atoms with Crippen molar-refractivity contribution in [1.29, 1.82) is 0 Å². The molecule has 0 atom stereocenters. The second-order valence-electron chi connectivity index (χ2n) is 7.34. The zero-order valence-corrected chi connectivity index (χ0v) is 15.7. The van der Waals surface area contributed by atoms with Gasteiger partial charge in [-0.05, 0) is 42.7 Å². The van der Waals surface area contributed by atoms with Crippen molar-refractivity contribution in [2.24, 2.45) is 0 Å². The van der Waals surface area contributed by atoms with Crippen molar-refractivity contribution in [2.45, 2.75) is 31.1 Å². The van der Waals surface area contributed by atoms with E-state index >= 15 is 0 Å². The molecule has 148 valence electrons. The molecule has 0 bridgehead atoms. The molecule has 1 aliphatic heterocycles. The van der Waals surface area contributed by atoms with Crippen molar-refractivity contribution in [1.82, 2.24) is 5.32 Å². The third-order valence-electron chi connectivity index (χ3n) is 5.53. The first kappa shape index (κ1) is 18.6. The molecule has 2 aromatic carbocycles. The van der Waals surface area contributed by atoms with E-state index < -0.39 is 5.82 Å². The van der Waals surface area contributed by atoms with Crippen LogP contribution in [0, 0.1) is 5.82 Å². The molecule has 1 heterocycles. The molecule has 1 amide bonds. The minimum atomic E-state index is -0.473. The maximum Gasteiger partial charge on any atom is 0.257 e. The molecule has 0 unspecified atom stereocenters. The van der Waals surface area contributed by atoms with Gasteiger partial charge in [0.2, 0.25) is 0 Å². The van der Waals surface area contributed by atoms with Gasteiger partial charge in [-0.25, -0.2) is 4.39 Å². The maximum atomic E-state index is 13.6. The molecular formula is C22H24FNO4. The Balaban J connectivity index is 1.41.